The largest absolute Gasteiger partial charge is 0.343 e. The van der Waals surface area contributed by atoms with Gasteiger partial charge in [0, 0.05) is 30.6 Å². The van der Waals surface area contributed by atoms with E-state index in [9.17, 15) is 4.79 Å². The molecule has 1 saturated heterocycles. The van der Waals surface area contributed by atoms with Gasteiger partial charge in [0.05, 0.1) is 5.69 Å². The van der Waals surface area contributed by atoms with Gasteiger partial charge in [-0.2, -0.15) is 0 Å². The van der Waals surface area contributed by atoms with Crippen LogP contribution in [-0.4, -0.2) is 33.9 Å². The Morgan fingerprint density at radius 1 is 1.33 bits per heavy atom. The number of nitrogens with zero attached hydrogens (tertiary/aromatic N) is 3. The molecule has 0 aromatic carbocycles. The molecule has 5 nitrogen and oxygen atoms in total. The molecule has 1 fully saturated rings. The number of anilines is 2. The number of aromatic nitrogens is 2. The van der Waals surface area contributed by atoms with Crippen LogP contribution in [0.4, 0.5) is 10.9 Å². The summed E-state index contributed by atoms with van der Waals surface area (Å²) in [5.74, 6) is 1.73. The van der Waals surface area contributed by atoms with E-state index in [0.717, 1.165) is 54.7 Å². The number of hydrogen-bond donors (Lipinski definition) is 1. The standard InChI is InChI=1S/C18H24N4OS/c1-3-17(23)22-9-7-14(8-10-22)11-15-5-4-6-16(20-15)21-18-19-13(2)12-24-18/h4-6,12,14H,3,7-11H2,1-2H3,(H,19,20,21). The molecular weight excluding hydrogens is 320 g/mol. The lowest BCUT2D eigenvalue weighted by Gasteiger charge is -2.31. The van der Waals surface area contributed by atoms with Gasteiger partial charge in [0.1, 0.15) is 5.82 Å². The van der Waals surface area contributed by atoms with Crippen LogP contribution < -0.4 is 5.32 Å². The van der Waals surface area contributed by atoms with Gasteiger partial charge >= 0.3 is 0 Å². The lowest BCUT2D eigenvalue weighted by molar-refractivity contribution is -0.132. The normalized spacial score (nSPS) is 15.5. The minimum Gasteiger partial charge on any atom is -0.343 e. The number of aryl methyl sites for hydroxylation is 1. The van der Waals surface area contributed by atoms with Crippen molar-refractivity contribution in [3.8, 4) is 0 Å². The van der Waals surface area contributed by atoms with Crippen molar-refractivity contribution in [3.05, 3.63) is 35.0 Å². The van der Waals surface area contributed by atoms with E-state index in [4.69, 9.17) is 4.98 Å². The first-order chi connectivity index (χ1) is 11.6. The van der Waals surface area contributed by atoms with Crippen LogP contribution in [0, 0.1) is 12.8 Å². The van der Waals surface area contributed by atoms with Crippen LogP contribution in [0.5, 0.6) is 0 Å². The number of piperidine rings is 1. The monoisotopic (exact) mass is 344 g/mol. The van der Waals surface area contributed by atoms with Crippen molar-refractivity contribution in [2.24, 2.45) is 5.92 Å². The molecule has 0 unspecified atom stereocenters. The number of carbonyl (C=O) groups is 1. The van der Waals surface area contributed by atoms with Crippen LogP contribution in [0.25, 0.3) is 0 Å². The second kappa shape index (κ2) is 7.75. The van der Waals surface area contributed by atoms with Crippen LogP contribution in [-0.2, 0) is 11.2 Å². The number of hydrogen-bond acceptors (Lipinski definition) is 5. The molecule has 2 aromatic rings. The van der Waals surface area contributed by atoms with E-state index >= 15 is 0 Å². The van der Waals surface area contributed by atoms with Gasteiger partial charge in [-0.25, -0.2) is 9.97 Å². The average molecular weight is 344 g/mol. The summed E-state index contributed by atoms with van der Waals surface area (Å²) in [7, 11) is 0. The van der Waals surface area contributed by atoms with Crippen molar-refractivity contribution in [2.75, 3.05) is 18.4 Å². The SMILES string of the molecule is CCC(=O)N1CCC(Cc2cccc(Nc3nc(C)cs3)n2)CC1. The minimum atomic E-state index is 0.275. The van der Waals surface area contributed by atoms with Crippen molar-refractivity contribution >= 4 is 28.2 Å². The predicted molar refractivity (Wildman–Crippen MR) is 97.7 cm³/mol. The summed E-state index contributed by atoms with van der Waals surface area (Å²) < 4.78 is 0. The maximum absolute atomic E-state index is 11.8. The fourth-order valence-electron chi connectivity index (χ4n) is 3.09. The Bertz CT molecular complexity index is 692. The van der Waals surface area contributed by atoms with E-state index in [2.05, 4.69) is 16.4 Å². The lowest BCUT2D eigenvalue weighted by Crippen LogP contribution is -2.38. The zero-order valence-electron chi connectivity index (χ0n) is 14.3. The molecule has 0 bridgehead atoms. The quantitative estimate of drug-likeness (QED) is 0.897. The first-order valence-electron chi connectivity index (χ1n) is 8.57. The number of thiazole rings is 1. The fraction of sp³-hybridized carbons (Fsp3) is 0.500. The number of pyridine rings is 1. The Hall–Kier alpha value is -1.95. The van der Waals surface area contributed by atoms with Crippen LogP contribution >= 0.6 is 11.3 Å². The Labute approximate surface area is 147 Å². The van der Waals surface area contributed by atoms with E-state index in [1.54, 1.807) is 11.3 Å². The summed E-state index contributed by atoms with van der Waals surface area (Å²) in [6, 6.07) is 6.10. The Kier molecular flexibility index (Phi) is 5.45. The molecule has 1 aliphatic rings. The average Bonchev–Trinajstić information content (AvgIpc) is 3.00. The highest BCUT2D eigenvalue weighted by Crippen LogP contribution is 2.23. The molecule has 0 aliphatic carbocycles. The van der Waals surface area contributed by atoms with E-state index < -0.39 is 0 Å². The van der Waals surface area contributed by atoms with Crippen molar-refractivity contribution < 1.29 is 4.79 Å². The maximum Gasteiger partial charge on any atom is 0.222 e. The number of rotatable bonds is 5. The Balaban J connectivity index is 1.56. The van der Waals surface area contributed by atoms with Gasteiger partial charge in [0.15, 0.2) is 5.13 Å². The summed E-state index contributed by atoms with van der Waals surface area (Å²) in [5, 5.41) is 6.18. The highest BCUT2D eigenvalue weighted by Gasteiger charge is 2.22. The molecule has 2 aromatic heterocycles. The fourth-order valence-corrected chi connectivity index (χ4v) is 3.78. The highest BCUT2D eigenvalue weighted by atomic mass is 32.1. The van der Waals surface area contributed by atoms with Crippen molar-refractivity contribution in [1.29, 1.82) is 0 Å². The van der Waals surface area contributed by atoms with Crippen LogP contribution in [0.2, 0.25) is 0 Å². The molecule has 0 spiro atoms. The van der Waals surface area contributed by atoms with Crippen molar-refractivity contribution in [1.82, 2.24) is 14.9 Å². The number of amides is 1. The van der Waals surface area contributed by atoms with Crippen LogP contribution in [0.3, 0.4) is 0 Å². The number of likely N-dealkylation sites (tertiary alicyclic amines) is 1. The zero-order chi connectivity index (χ0) is 16.9. The molecule has 6 heteroatoms. The maximum atomic E-state index is 11.8. The lowest BCUT2D eigenvalue weighted by atomic mass is 9.92. The van der Waals surface area contributed by atoms with E-state index in [0.29, 0.717) is 12.3 Å². The van der Waals surface area contributed by atoms with Crippen LogP contribution in [0.1, 0.15) is 37.6 Å². The van der Waals surface area contributed by atoms with Gasteiger partial charge in [-0.15, -0.1) is 11.3 Å². The van der Waals surface area contributed by atoms with Gasteiger partial charge in [0.2, 0.25) is 5.91 Å². The summed E-state index contributed by atoms with van der Waals surface area (Å²) in [6.45, 7) is 5.68. The topological polar surface area (TPSA) is 58.1 Å². The zero-order valence-corrected chi connectivity index (χ0v) is 15.1. The van der Waals surface area contributed by atoms with Gasteiger partial charge in [-0.3, -0.25) is 4.79 Å². The van der Waals surface area contributed by atoms with E-state index in [1.165, 1.54) is 0 Å². The first kappa shape index (κ1) is 16.9. The summed E-state index contributed by atoms with van der Waals surface area (Å²) in [4.78, 5) is 22.9. The molecule has 1 aliphatic heterocycles. The van der Waals surface area contributed by atoms with Gasteiger partial charge < -0.3 is 10.2 Å². The van der Waals surface area contributed by atoms with Gasteiger partial charge in [0.25, 0.3) is 0 Å². The molecule has 0 saturated carbocycles. The van der Waals surface area contributed by atoms with Crippen molar-refractivity contribution in [2.45, 2.75) is 39.5 Å². The summed E-state index contributed by atoms with van der Waals surface area (Å²) >= 11 is 1.59. The molecule has 128 valence electrons. The minimum absolute atomic E-state index is 0.275. The second-order valence-electron chi connectivity index (χ2n) is 6.32. The molecule has 1 amide bonds. The second-order valence-corrected chi connectivity index (χ2v) is 7.17. The smallest absolute Gasteiger partial charge is 0.222 e. The third-order valence-corrected chi connectivity index (χ3v) is 5.30. The Morgan fingerprint density at radius 3 is 2.79 bits per heavy atom. The molecular formula is C18H24N4OS. The van der Waals surface area contributed by atoms with Gasteiger partial charge in [-0.1, -0.05) is 13.0 Å². The molecule has 24 heavy (non-hydrogen) atoms. The van der Waals surface area contributed by atoms with Gasteiger partial charge in [-0.05, 0) is 44.2 Å². The summed E-state index contributed by atoms with van der Waals surface area (Å²) in [5.41, 5.74) is 2.13. The van der Waals surface area contributed by atoms with Crippen LogP contribution in [0.15, 0.2) is 23.6 Å². The third kappa shape index (κ3) is 4.32. The van der Waals surface area contributed by atoms with E-state index in [1.807, 2.05) is 36.3 Å². The predicted octanol–water partition coefficient (Wildman–Crippen LogP) is 3.78. The molecule has 0 radical (unpaired) electrons. The number of nitrogens with one attached hydrogen (secondary N) is 1. The summed E-state index contributed by atoms with van der Waals surface area (Å²) in [6.07, 6.45) is 3.71. The molecule has 3 rings (SSSR count). The molecule has 0 atom stereocenters. The molecule has 3 heterocycles. The van der Waals surface area contributed by atoms with Crippen molar-refractivity contribution in [3.63, 3.8) is 0 Å². The Morgan fingerprint density at radius 2 is 2.12 bits per heavy atom. The third-order valence-electron chi connectivity index (χ3n) is 4.43. The molecule has 1 N–H and O–H groups in total. The number of carbonyl (C=O) groups excluding carboxylic acids is 1. The van der Waals surface area contributed by atoms with E-state index in [-0.39, 0.29) is 5.91 Å². The first-order valence-corrected chi connectivity index (χ1v) is 9.45. The highest BCUT2D eigenvalue weighted by molar-refractivity contribution is 7.13.